The molecule has 2 aromatic rings. The van der Waals surface area contributed by atoms with E-state index in [1.807, 2.05) is 25.1 Å². The van der Waals surface area contributed by atoms with E-state index in [9.17, 15) is 14.9 Å². The Labute approximate surface area is 164 Å². The van der Waals surface area contributed by atoms with Crippen LogP contribution in [0.2, 0.25) is 0 Å². The maximum absolute atomic E-state index is 12.2. The summed E-state index contributed by atoms with van der Waals surface area (Å²) in [6, 6.07) is 14.2. The summed E-state index contributed by atoms with van der Waals surface area (Å²) in [5.74, 6) is -0.290. The SMILES string of the molecule is Cc1ccc(C(=O)OC2CCN(Cc3ccccc3[N+](=O)[O-])CC2)cc1.Cl. The van der Waals surface area contributed by atoms with E-state index in [0.29, 0.717) is 17.7 Å². The molecule has 3 rings (SSSR count). The molecule has 1 aliphatic heterocycles. The minimum absolute atomic E-state index is 0. The number of likely N-dealkylation sites (tertiary alicyclic amines) is 1. The van der Waals surface area contributed by atoms with Crippen LogP contribution in [0.25, 0.3) is 0 Å². The fraction of sp³-hybridized carbons (Fsp3) is 0.350. The van der Waals surface area contributed by atoms with Crippen molar-refractivity contribution in [2.24, 2.45) is 0 Å². The molecule has 144 valence electrons. The zero-order valence-electron chi connectivity index (χ0n) is 15.2. The number of hydrogen-bond donors (Lipinski definition) is 0. The number of ether oxygens (including phenoxy) is 1. The van der Waals surface area contributed by atoms with Gasteiger partial charge in [-0.3, -0.25) is 15.0 Å². The molecule has 0 aromatic heterocycles. The highest BCUT2D eigenvalue weighted by molar-refractivity contribution is 5.89. The molecule has 27 heavy (non-hydrogen) atoms. The highest BCUT2D eigenvalue weighted by Crippen LogP contribution is 2.22. The quantitative estimate of drug-likeness (QED) is 0.435. The number of nitro groups is 1. The largest absolute Gasteiger partial charge is 0.459 e. The van der Waals surface area contributed by atoms with Crippen molar-refractivity contribution in [1.82, 2.24) is 4.90 Å². The van der Waals surface area contributed by atoms with Crippen LogP contribution in [-0.2, 0) is 11.3 Å². The first-order chi connectivity index (χ1) is 12.5. The molecule has 1 fully saturated rings. The van der Waals surface area contributed by atoms with Crippen LogP contribution in [0.3, 0.4) is 0 Å². The Hall–Kier alpha value is -2.44. The zero-order valence-corrected chi connectivity index (χ0v) is 16.0. The molecule has 2 aromatic carbocycles. The predicted octanol–water partition coefficient (Wildman–Crippen LogP) is 4.15. The maximum atomic E-state index is 12.2. The number of carbonyl (C=O) groups excluding carboxylic acids is 1. The highest BCUT2D eigenvalue weighted by Gasteiger charge is 2.24. The molecule has 6 nitrogen and oxygen atoms in total. The second-order valence-electron chi connectivity index (χ2n) is 6.63. The Balaban J connectivity index is 0.00000261. The molecule has 0 atom stereocenters. The average Bonchev–Trinajstić information content (AvgIpc) is 2.64. The van der Waals surface area contributed by atoms with Crippen molar-refractivity contribution in [1.29, 1.82) is 0 Å². The van der Waals surface area contributed by atoms with Crippen LogP contribution >= 0.6 is 12.4 Å². The van der Waals surface area contributed by atoms with Crippen LogP contribution in [0.5, 0.6) is 0 Å². The van der Waals surface area contributed by atoms with Crippen LogP contribution in [0.4, 0.5) is 5.69 Å². The van der Waals surface area contributed by atoms with Crippen molar-refractivity contribution in [3.8, 4) is 0 Å². The van der Waals surface area contributed by atoms with Crippen molar-refractivity contribution < 1.29 is 14.5 Å². The zero-order chi connectivity index (χ0) is 18.5. The summed E-state index contributed by atoms with van der Waals surface area (Å²) in [6.45, 7) is 4.01. The number of benzene rings is 2. The fourth-order valence-corrected chi connectivity index (χ4v) is 3.16. The van der Waals surface area contributed by atoms with Crippen molar-refractivity contribution in [3.63, 3.8) is 0 Å². The van der Waals surface area contributed by atoms with E-state index in [4.69, 9.17) is 4.74 Å². The Morgan fingerprint density at radius 2 is 1.78 bits per heavy atom. The van der Waals surface area contributed by atoms with E-state index < -0.39 is 0 Å². The van der Waals surface area contributed by atoms with Crippen LogP contribution in [0.15, 0.2) is 48.5 Å². The van der Waals surface area contributed by atoms with Gasteiger partial charge in [0.15, 0.2) is 0 Å². The van der Waals surface area contributed by atoms with Gasteiger partial charge in [0.2, 0.25) is 0 Å². The van der Waals surface area contributed by atoms with Crippen molar-refractivity contribution in [2.45, 2.75) is 32.4 Å². The molecule has 0 bridgehead atoms. The lowest BCUT2D eigenvalue weighted by molar-refractivity contribution is -0.385. The summed E-state index contributed by atoms with van der Waals surface area (Å²) in [5, 5.41) is 11.1. The van der Waals surface area contributed by atoms with Gasteiger partial charge in [0.25, 0.3) is 5.69 Å². The summed E-state index contributed by atoms with van der Waals surface area (Å²) >= 11 is 0. The van der Waals surface area contributed by atoms with E-state index in [0.717, 1.165) is 31.5 Å². The first-order valence-electron chi connectivity index (χ1n) is 8.75. The lowest BCUT2D eigenvalue weighted by atomic mass is 10.1. The lowest BCUT2D eigenvalue weighted by Gasteiger charge is -2.31. The molecule has 7 heteroatoms. The van der Waals surface area contributed by atoms with Crippen LogP contribution < -0.4 is 0 Å². The van der Waals surface area contributed by atoms with Gasteiger partial charge >= 0.3 is 5.97 Å². The summed E-state index contributed by atoms with van der Waals surface area (Å²) in [6.07, 6.45) is 1.36. The summed E-state index contributed by atoms with van der Waals surface area (Å²) in [4.78, 5) is 25.2. The average molecular weight is 391 g/mol. The molecule has 0 N–H and O–H groups in total. The Morgan fingerprint density at radius 1 is 1.15 bits per heavy atom. The summed E-state index contributed by atoms with van der Waals surface area (Å²) in [5.41, 5.74) is 2.54. The monoisotopic (exact) mass is 390 g/mol. The first kappa shape index (κ1) is 20.9. The van der Waals surface area contributed by atoms with Crippen LogP contribution in [0.1, 0.15) is 34.3 Å². The number of carbonyl (C=O) groups is 1. The maximum Gasteiger partial charge on any atom is 0.338 e. The molecule has 0 saturated carbocycles. The molecule has 0 unspecified atom stereocenters. The van der Waals surface area contributed by atoms with E-state index in [-0.39, 0.29) is 35.1 Å². The predicted molar refractivity (Wildman–Crippen MR) is 105 cm³/mol. The standard InChI is InChI=1S/C20H22N2O4.ClH/c1-15-6-8-16(9-7-15)20(23)26-18-10-12-21(13-11-18)14-17-4-2-3-5-19(17)22(24)25;/h2-9,18H,10-14H2,1H3;1H. The molecule has 0 radical (unpaired) electrons. The van der Waals surface area contributed by atoms with Gasteiger partial charge in [0, 0.05) is 31.3 Å². The van der Waals surface area contributed by atoms with E-state index in [2.05, 4.69) is 4.90 Å². The number of hydrogen-bond acceptors (Lipinski definition) is 5. The smallest absolute Gasteiger partial charge is 0.338 e. The third kappa shape index (κ3) is 5.52. The Morgan fingerprint density at radius 3 is 2.41 bits per heavy atom. The molecular formula is C20H23ClN2O4. The van der Waals surface area contributed by atoms with Gasteiger partial charge in [-0.05, 0) is 31.9 Å². The fourth-order valence-electron chi connectivity index (χ4n) is 3.16. The third-order valence-electron chi connectivity index (χ3n) is 4.68. The van der Waals surface area contributed by atoms with Gasteiger partial charge in [0.05, 0.1) is 10.5 Å². The second-order valence-corrected chi connectivity index (χ2v) is 6.63. The van der Waals surface area contributed by atoms with Gasteiger partial charge in [-0.2, -0.15) is 0 Å². The Kier molecular flexibility index (Phi) is 7.33. The van der Waals surface area contributed by atoms with Crippen molar-refractivity contribution in [2.75, 3.05) is 13.1 Å². The van der Waals surface area contributed by atoms with Gasteiger partial charge in [-0.15, -0.1) is 12.4 Å². The van der Waals surface area contributed by atoms with E-state index >= 15 is 0 Å². The minimum atomic E-state index is -0.342. The number of aryl methyl sites for hydroxylation is 1. The van der Waals surface area contributed by atoms with Crippen molar-refractivity contribution in [3.05, 3.63) is 75.3 Å². The number of rotatable bonds is 5. The number of nitrogens with zero attached hydrogens (tertiary/aromatic N) is 2. The summed E-state index contributed by atoms with van der Waals surface area (Å²) in [7, 11) is 0. The number of halogens is 1. The van der Waals surface area contributed by atoms with Crippen LogP contribution in [0, 0.1) is 17.0 Å². The molecule has 1 saturated heterocycles. The second kappa shape index (κ2) is 9.48. The van der Waals surface area contributed by atoms with E-state index in [1.54, 1.807) is 24.3 Å². The van der Waals surface area contributed by atoms with Gasteiger partial charge < -0.3 is 4.74 Å². The van der Waals surface area contributed by atoms with Crippen LogP contribution in [-0.4, -0.2) is 35.0 Å². The number of para-hydroxylation sites is 1. The molecule has 0 aliphatic carbocycles. The van der Waals surface area contributed by atoms with Gasteiger partial charge in [-0.1, -0.05) is 35.9 Å². The first-order valence-corrected chi connectivity index (χ1v) is 8.75. The number of nitro benzene ring substituents is 1. The van der Waals surface area contributed by atoms with Gasteiger partial charge in [-0.25, -0.2) is 4.79 Å². The molecule has 1 aliphatic rings. The number of esters is 1. The number of piperidine rings is 1. The molecular weight excluding hydrogens is 368 g/mol. The molecule has 1 heterocycles. The highest BCUT2D eigenvalue weighted by atomic mass is 35.5. The van der Waals surface area contributed by atoms with E-state index in [1.165, 1.54) is 6.07 Å². The molecule has 0 spiro atoms. The minimum Gasteiger partial charge on any atom is -0.459 e. The molecule has 0 amide bonds. The summed E-state index contributed by atoms with van der Waals surface area (Å²) < 4.78 is 5.60. The van der Waals surface area contributed by atoms with Crippen molar-refractivity contribution >= 4 is 24.1 Å². The third-order valence-corrected chi connectivity index (χ3v) is 4.68. The lowest BCUT2D eigenvalue weighted by Crippen LogP contribution is -2.37. The Bertz CT molecular complexity index is 787. The topological polar surface area (TPSA) is 72.7 Å². The normalized spacial score (nSPS) is 15.0. The van der Waals surface area contributed by atoms with Gasteiger partial charge in [0.1, 0.15) is 6.10 Å².